The Morgan fingerprint density at radius 3 is 2.93 bits per heavy atom. The first-order valence-corrected chi connectivity index (χ1v) is 5.90. The molecule has 1 N–H and O–H groups in total. The molecule has 1 saturated carbocycles. The highest BCUT2D eigenvalue weighted by molar-refractivity contribution is 4.96. The summed E-state index contributed by atoms with van der Waals surface area (Å²) in [7, 11) is 0. The van der Waals surface area contributed by atoms with Gasteiger partial charge in [-0.25, -0.2) is 4.98 Å². The van der Waals surface area contributed by atoms with Gasteiger partial charge in [-0.15, -0.1) is 0 Å². The normalized spacial score (nSPS) is 31.8. The van der Waals surface area contributed by atoms with Crippen molar-refractivity contribution in [1.29, 1.82) is 0 Å². The molecule has 2 rings (SSSR count). The molecule has 0 saturated heterocycles. The standard InChI is InChI=1S/C12H20N2O/c1-3-10-4-5-11(15)8-12(10)14-7-6-13-9(14)2/h6-7,10-12,15H,3-5,8H2,1-2H3. The van der Waals surface area contributed by atoms with Gasteiger partial charge in [0.15, 0.2) is 0 Å². The summed E-state index contributed by atoms with van der Waals surface area (Å²) in [5.74, 6) is 1.76. The van der Waals surface area contributed by atoms with Crippen LogP contribution in [0.4, 0.5) is 0 Å². The number of hydrogen-bond acceptors (Lipinski definition) is 2. The number of hydrogen-bond donors (Lipinski definition) is 1. The zero-order chi connectivity index (χ0) is 10.8. The van der Waals surface area contributed by atoms with E-state index in [0.29, 0.717) is 12.0 Å². The minimum absolute atomic E-state index is 0.125. The summed E-state index contributed by atoms with van der Waals surface area (Å²) in [4.78, 5) is 4.27. The molecule has 1 aliphatic carbocycles. The Balaban J connectivity index is 2.20. The monoisotopic (exact) mass is 208 g/mol. The van der Waals surface area contributed by atoms with Gasteiger partial charge in [-0.05, 0) is 32.1 Å². The smallest absolute Gasteiger partial charge is 0.105 e. The van der Waals surface area contributed by atoms with Crippen molar-refractivity contribution >= 4 is 0 Å². The maximum atomic E-state index is 9.75. The Hall–Kier alpha value is -0.830. The van der Waals surface area contributed by atoms with Crippen LogP contribution in [0.2, 0.25) is 0 Å². The molecule has 1 heterocycles. The topological polar surface area (TPSA) is 38.0 Å². The summed E-state index contributed by atoms with van der Waals surface area (Å²) >= 11 is 0. The summed E-state index contributed by atoms with van der Waals surface area (Å²) in [5, 5.41) is 9.75. The molecule has 3 heteroatoms. The lowest BCUT2D eigenvalue weighted by atomic mass is 9.81. The van der Waals surface area contributed by atoms with Crippen LogP contribution in [0.3, 0.4) is 0 Å². The summed E-state index contributed by atoms with van der Waals surface area (Å²) < 4.78 is 2.23. The van der Waals surface area contributed by atoms with Gasteiger partial charge in [0.2, 0.25) is 0 Å². The molecule has 0 spiro atoms. The second-order valence-corrected chi connectivity index (χ2v) is 4.58. The second kappa shape index (κ2) is 4.35. The molecule has 0 amide bonds. The Morgan fingerprint density at radius 1 is 1.53 bits per heavy atom. The van der Waals surface area contributed by atoms with Crippen molar-refractivity contribution < 1.29 is 5.11 Å². The van der Waals surface area contributed by atoms with Crippen LogP contribution in [0.1, 0.15) is 44.5 Å². The third kappa shape index (κ3) is 2.07. The highest BCUT2D eigenvalue weighted by Gasteiger charge is 2.30. The molecule has 1 aromatic heterocycles. The van der Waals surface area contributed by atoms with Crippen LogP contribution in [-0.2, 0) is 0 Å². The van der Waals surface area contributed by atoms with Gasteiger partial charge in [-0.1, -0.05) is 13.3 Å². The lowest BCUT2D eigenvalue weighted by molar-refractivity contribution is 0.0706. The number of aromatic nitrogens is 2. The summed E-state index contributed by atoms with van der Waals surface area (Å²) in [6, 6.07) is 0.446. The van der Waals surface area contributed by atoms with Crippen molar-refractivity contribution in [1.82, 2.24) is 9.55 Å². The lowest BCUT2D eigenvalue weighted by Crippen LogP contribution is -2.30. The van der Waals surface area contributed by atoms with E-state index < -0.39 is 0 Å². The van der Waals surface area contributed by atoms with E-state index in [0.717, 1.165) is 25.1 Å². The fourth-order valence-electron chi connectivity index (χ4n) is 2.74. The zero-order valence-corrected chi connectivity index (χ0v) is 9.56. The molecule has 1 aromatic rings. The zero-order valence-electron chi connectivity index (χ0n) is 9.56. The Labute approximate surface area is 91.1 Å². The maximum Gasteiger partial charge on any atom is 0.105 e. The van der Waals surface area contributed by atoms with Crippen LogP contribution < -0.4 is 0 Å². The third-order valence-electron chi connectivity index (χ3n) is 3.67. The fourth-order valence-corrected chi connectivity index (χ4v) is 2.74. The van der Waals surface area contributed by atoms with Gasteiger partial charge in [0.25, 0.3) is 0 Å². The number of aliphatic hydroxyl groups is 1. The van der Waals surface area contributed by atoms with Gasteiger partial charge in [-0.3, -0.25) is 0 Å². The quantitative estimate of drug-likeness (QED) is 0.810. The molecule has 3 nitrogen and oxygen atoms in total. The van der Waals surface area contributed by atoms with Crippen molar-refractivity contribution in [2.75, 3.05) is 0 Å². The van der Waals surface area contributed by atoms with Gasteiger partial charge in [0, 0.05) is 18.4 Å². The van der Waals surface area contributed by atoms with Gasteiger partial charge >= 0.3 is 0 Å². The molecule has 0 bridgehead atoms. The largest absolute Gasteiger partial charge is 0.393 e. The average Bonchev–Trinajstić information content (AvgIpc) is 2.64. The Morgan fingerprint density at radius 2 is 2.33 bits per heavy atom. The minimum Gasteiger partial charge on any atom is -0.393 e. The second-order valence-electron chi connectivity index (χ2n) is 4.58. The molecular formula is C12H20N2O. The summed E-state index contributed by atoms with van der Waals surface area (Å²) in [6.07, 6.45) is 7.94. The summed E-state index contributed by atoms with van der Waals surface area (Å²) in [5.41, 5.74) is 0. The first kappa shape index (κ1) is 10.7. The van der Waals surface area contributed by atoms with Gasteiger partial charge < -0.3 is 9.67 Å². The Kier molecular flexibility index (Phi) is 3.10. The van der Waals surface area contributed by atoms with Crippen LogP contribution in [-0.4, -0.2) is 20.8 Å². The Bertz CT molecular complexity index is 321. The molecule has 3 atom stereocenters. The van der Waals surface area contributed by atoms with E-state index in [4.69, 9.17) is 0 Å². The van der Waals surface area contributed by atoms with Crippen molar-refractivity contribution in [2.24, 2.45) is 5.92 Å². The van der Waals surface area contributed by atoms with E-state index in [1.807, 2.05) is 19.3 Å². The molecule has 3 unspecified atom stereocenters. The van der Waals surface area contributed by atoms with E-state index >= 15 is 0 Å². The first-order chi connectivity index (χ1) is 7.22. The number of aliphatic hydroxyl groups excluding tert-OH is 1. The van der Waals surface area contributed by atoms with E-state index in [2.05, 4.69) is 16.5 Å². The first-order valence-electron chi connectivity index (χ1n) is 5.90. The average molecular weight is 208 g/mol. The van der Waals surface area contributed by atoms with E-state index in [1.165, 1.54) is 6.42 Å². The molecule has 1 aliphatic rings. The molecule has 0 aliphatic heterocycles. The fraction of sp³-hybridized carbons (Fsp3) is 0.750. The number of aryl methyl sites for hydroxylation is 1. The predicted octanol–water partition coefficient (Wildman–Crippen LogP) is 2.30. The maximum absolute atomic E-state index is 9.75. The third-order valence-corrected chi connectivity index (χ3v) is 3.67. The van der Waals surface area contributed by atoms with Crippen LogP contribution in [0, 0.1) is 12.8 Å². The van der Waals surface area contributed by atoms with Crippen molar-refractivity contribution in [2.45, 2.75) is 51.7 Å². The minimum atomic E-state index is -0.125. The van der Waals surface area contributed by atoms with Crippen LogP contribution >= 0.6 is 0 Å². The van der Waals surface area contributed by atoms with Gasteiger partial charge in [0.05, 0.1) is 6.10 Å². The highest BCUT2D eigenvalue weighted by atomic mass is 16.3. The molecule has 1 fully saturated rings. The molecule has 15 heavy (non-hydrogen) atoms. The number of rotatable bonds is 2. The van der Waals surface area contributed by atoms with Crippen molar-refractivity contribution in [3.05, 3.63) is 18.2 Å². The molecule has 84 valence electrons. The SMILES string of the molecule is CCC1CCC(O)CC1n1ccnc1C. The molecule has 0 aromatic carbocycles. The number of imidazole rings is 1. The van der Waals surface area contributed by atoms with E-state index in [9.17, 15) is 5.11 Å². The van der Waals surface area contributed by atoms with Gasteiger partial charge in [-0.2, -0.15) is 0 Å². The van der Waals surface area contributed by atoms with E-state index in [1.54, 1.807) is 0 Å². The van der Waals surface area contributed by atoms with Crippen LogP contribution in [0.5, 0.6) is 0 Å². The highest BCUT2D eigenvalue weighted by Crippen LogP contribution is 2.36. The van der Waals surface area contributed by atoms with Gasteiger partial charge in [0.1, 0.15) is 5.82 Å². The van der Waals surface area contributed by atoms with Crippen LogP contribution in [0.25, 0.3) is 0 Å². The van der Waals surface area contributed by atoms with Crippen molar-refractivity contribution in [3.8, 4) is 0 Å². The van der Waals surface area contributed by atoms with Crippen LogP contribution in [0.15, 0.2) is 12.4 Å². The molecular weight excluding hydrogens is 188 g/mol. The predicted molar refractivity (Wildman–Crippen MR) is 59.6 cm³/mol. The van der Waals surface area contributed by atoms with E-state index in [-0.39, 0.29) is 6.10 Å². The summed E-state index contributed by atoms with van der Waals surface area (Å²) in [6.45, 7) is 4.27. The van der Waals surface area contributed by atoms with Crippen molar-refractivity contribution in [3.63, 3.8) is 0 Å². The number of nitrogens with zero attached hydrogens (tertiary/aromatic N) is 2. The molecule has 0 radical (unpaired) electrons. The lowest BCUT2D eigenvalue weighted by Gasteiger charge is -2.35.